The lowest BCUT2D eigenvalue weighted by atomic mass is 10.1. The van der Waals surface area contributed by atoms with Crippen LogP contribution in [-0.4, -0.2) is 64.9 Å². The van der Waals surface area contributed by atoms with Crippen molar-refractivity contribution < 1.29 is 4.74 Å². The van der Waals surface area contributed by atoms with Gasteiger partial charge in [0, 0.05) is 31.4 Å². The van der Waals surface area contributed by atoms with E-state index in [2.05, 4.69) is 33.9 Å². The molecule has 0 radical (unpaired) electrons. The van der Waals surface area contributed by atoms with Crippen molar-refractivity contribution in [3.63, 3.8) is 0 Å². The van der Waals surface area contributed by atoms with E-state index in [1.807, 2.05) is 0 Å². The predicted octanol–water partition coefficient (Wildman–Crippen LogP) is 0.623. The average Bonchev–Trinajstić information content (AvgIpc) is 3.12. The topological polar surface area (TPSA) is 63.0 Å². The number of nitrogens with zero attached hydrogens (tertiary/aromatic N) is 5. The van der Waals surface area contributed by atoms with E-state index >= 15 is 0 Å². The van der Waals surface area contributed by atoms with Crippen molar-refractivity contribution in [2.45, 2.75) is 31.9 Å². The molecule has 0 N–H and O–H groups in total. The van der Waals surface area contributed by atoms with E-state index in [4.69, 9.17) is 4.74 Å². The van der Waals surface area contributed by atoms with Gasteiger partial charge in [-0.1, -0.05) is 24.7 Å². The molecule has 2 aliphatic rings. The molecule has 0 amide bonds. The summed E-state index contributed by atoms with van der Waals surface area (Å²) in [4.78, 5) is 22.0. The number of ether oxygens (including phenoxy) is 1. The molecule has 0 bridgehead atoms. The maximum atomic E-state index is 12.2. The minimum Gasteiger partial charge on any atom is -0.373 e. The molecule has 8 heteroatoms. The van der Waals surface area contributed by atoms with Gasteiger partial charge in [0.05, 0.1) is 18.8 Å². The van der Waals surface area contributed by atoms with Crippen molar-refractivity contribution in [3.8, 4) is 0 Å². The number of morpholine rings is 1. The maximum Gasteiger partial charge on any atom is 0.275 e. The molecule has 4 heterocycles. The van der Waals surface area contributed by atoms with Crippen LogP contribution in [0.4, 0.5) is 5.13 Å². The summed E-state index contributed by atoms with van der Waals surface area (Å²) in [5.74, 6) is 0. The summed E-state index contributed by atoms with van der Waals surface area (Å²) < 4.78 is 7.30. The summed E-state index contributed by atoms with van der Waals surface area (Å²) in [6.45, 7) is 5.55. The standard InChI is InChI=1S/C15H21N5O2S/c1-3-4-10-7-13(21)20-14(16-10)23-15(17-20)19-8-11-12(9-19)22-6-5-18(11)2/h7,11-12H,3-6,8-9H2,1-2H3. The normalized spacial score (nSPS) is 25.2. The van der Waals surface area contributed by atoms with Crippen LogP contribution in [0.5, 0.6) is 0 Å². The van der Waals surface area contributed by atoms with Gasteiger partial charge in [-0.15, -0.1) is 5.10 Å². The highest BCUT2D eigenvalue weighted by atomic mass is 32.1. The van der Waals surface area contributed by atoms with Crippen molar-refractivity contribution in [2.24, 2.45) is 0 Å². The van der Waals surface area contributed by atoms with Crippen LogP contribution in [0.15, 0.2) is 10.9 Å². The number of fused-ring (bicyclic) bond motifs is 2. The second-order valence-corrected chi connectivity index (χ2v) is 7.21. The van der Waals surface area contributed by atoms with E-state index in [1.165, 1.54) is 15.9 Å². The summed E-state index contributed by atoms with van der Waals surface area (Å²) in [6.07, 6.45) is 2.03. The lowest BCUT2D eigenvalue weighted by Gasteiger charge is -2.33. The smallest absolute Gasteiger partial charge is 0.275 e. The maximum absolute atomic E-state index is 12.2. The van der Waals surface area contributed by atoms with Crippen molar-refractivity contribution in [3.05, 3.63) is 22.1 Å². The Morgan fingerprint density at radius 1 is 1.43 bits per heavy atom. The number of likely N-dealkylation sites (N-methyl/N-ethyl adjacent to an activating group) is 1. The Morgan fingerprint density at radius 3 is 3.09 bits per heavy atom. The van der Waals surface area contributed by atoms with Gasteiger partial charge in [0.15, 0.2) is 0 Å². The molecule has 2 unspecified atom stereocenters. The first kappa shape index (κ1) is 15.0. The molecular weight excluding hydrogens is 314 g/mol. The van der Waals surface area contributed by atoms with Crippen molar-refractivity contribution in [2.75, 3.05) is 38.2 Å². The first-order valence-corrected chi connectivity index (χ1v) is 8.94. The summed E-state index contributed by atoms with van der Waals surface area (Å²) in [5, 5.41) is 5.35. The van der Waals surface area contributed by atoms with E-state index in [0.717, 1.165) is 49.9 Å². The quantitative estimate of drug-likeness (QED) is 0.820. The number of anilines is 1. The fraction of sp³-hybridized carbons (Fsp3) is 0.667. The molecule has 2 saturated heterocycles. The van der Waals surface area contributed by atoms with Crippen LogP contribution in [0.3, 0.4) is 0 Å². The fourth-order valence-electron chi connectivity index (χ4n) is 3.37. The first-order chi connectivity index (χ1) is 11.2. The van der Waals surface area contributed by atoms with Crippen LogP contribution in [0.1, 0.15) is 19.0 Å². The third-order valence-corrected chi connectivity index (χ3v) is 5.61. The van der Waals surface area contributed by atoms with Gasteiger partial charge >= 0.3 is 0 Å². The molecule has 2 aromatic rings. The molecule has 0 aromatic carbocycles. The van der Waals surface area contributed by atoms with Gasteiger partial charge in [-0.2, -0.15) is 4.52 Å². The van der Waals surface area contributed by atoms with E-state index < -0.39 is 0 Å². The summed E-state index contributed by atoms with van der Waals surface area (Å²) in [5.41, 5.74) is 0.761. The van der Waals surface area contributed by atoms with Crippen molar-refractivity contribution in [1.29, 1.82) is 0 Å². The molecule has 0 aliphatic carbocycles. The molecule has 2 atom stereocenters. The summed E-state index contributed by atoms with van der Waals surface area (Å²) in [7, 11) is 2.14. The highest BCUT2D eigenvalue weighted by Crippen LogP contribution is 2.29. The average molecular weight is 335 g/mol. The molecule has 2 fully saturated rings. The van der Waals surface area contributed by atoms with Crippen LogP contribution < -0.4 is 10.5 Å². The van der Waals surface area contributed by atoms with Gasteiger partial charge in [0.2, 0.25) is 10.1 Å². The molecule has 7 nitrogen and oxygen atoms in total. The Morgan fingerprint density at radius 2 is 2.30 bits per heavy atom. The number of hydrogen-bond acceptors (Lipinski definition) is 7. The number of rotatable bonds is 3. The van der Waals surface area contributed by atoms with Crippen LogP contribution in [-0.2, 0) is 11.2 Å². The fourth-order valence-corrected chi connectivity index (χ4v) is 4.32. The van der Waals surface area contributed by atoms with Gasteiger partial charge in [-0.25, -0.2) is 4.98 Å². The second-order valence-electron chi connectivity index (χ2n) is 6.28. The Kier molecular flexibility index (Phi) is 3.82. The lowest BCUT2D eigenvalue weighted by molar-refractivity contribution is -0.0362. The van der Waals surface area contributed by atoms with Gasteiger partial charge in [-0.3, -0.25) is 9.69 Å². The predicted molar refractivity (Wildman–Crippen MR) is 89.5 cm³/mol. The minimum absolute atomic E-state index is 0.0917. The van der Waals surface area contributed by atoms with Crippen LogP contribution in [0, 0.1) is 0 Å². The molecule has 124 valence electrons. The van der Waals surface area contributed by atoms with Gasteiger partial charge < -0.3 is 9.64 Å². The van der Waals surface area contributed by atoms with E-state index in [0.29, 0.717) is 11.0 Å². The van der Waals surface area contributed by atoms with Crippen LogP contribution in [0.25, 0.3) is 4.96 Å². The first-order valence-electron chi connectivity index (χ1n) is 8.12. The third-order valence-electron chi connectivity index (χ3n) is 4.64. The minimum atomic E-state index is -0.0917. The van der Waals surface area contributed by atoms with Gasteiger partial charge in [0.1, 0.15) is 0 Å². The third kappa shape index (κ3) is 2.64. The largest absolute Gasteiger partial charge is 0.373 e. The van der Waals surface area contributed by atoms with Gasteiger partial charge in [0.25, 0.3) is 5.56 Å². The molecule has 0 spiro atoms. The van der Waals surface area contributed by atoms with Crippen molar-refractivity contribution in [1.82, 2.24) is 19.5 Å². The second kappa shape index (κ2) is 5.85. The zero-order chi connectivity index (χ0) is 16.0. The van der Waals surface area contributed by atoms with Crippen LogP contribution >= 0.6 is 11.3 Å². The molecule has 0 saturated carbocycles. The summed E-state index contributed by atoms with van der Waals surface area (Å²) in [6, 6.07) is 2.00. The van der Waals surface area contributed by atoms with Crippen LogP contribution in [0.2, 0.25) is 0 Å². The Balaban J connectivity index is 1.65. The Hall–Kier alpha value is -1.51. The summed E-state index contributed by atoms with van der Waals surface area (Å²) >= 11 is 1.49. The number of aromatic nitrogens is 3. The molecule has 23 heavy (non-hydrogen) atoms. The lowest BCUT2D eigenvalue weighted by Crippen LogP contribution is -2.48. The monoisotopic (exact) mass is 335 g/mol. The molecule has 4 rings (SSSR count). The Labute approximate surface area is 138 Å². The van der Waals surface area contributed by atoms with E-state index in [9.17, 15) is 4.79 Å². The van der Waals surface area contributed by atoms with E-state index in [1.54, 1.807) is 6.07 Å². The SMILES string of the molecule is CCCc1cc(=O)n2nc(N3CC4OCCN(C)C4C3)sc2n1. The highest BCUT2D eigenvalue weighted by Gasteiger charge is 2.39. The number of aryl methyl sites for hydroxylation is 1. The molecular formula is C15H21N5O2S. The highest BCUT2D eigenvalue weighted by molar-refractivity contribution is 7.20. The zero-order valence-electron chi connectivity index (χ0n) is 13.4. The molecule has 2 aromatic heterocycles. The van der Waals surface area contributed by atoms with Gasteiger partial charge in [-0.05, 0) is 13.5 Å². The number of hydrogen-bond donors (Lipinski definition) is 0. The molecule has 2 aliphatic heterocycles. The van der Waals surface area contributed by atoms with Crippen molar-refractivity contribution >= 4 is 21.4 Å². The Bertz CT molecular complexity index is 773. The zero-order valence-corrected chi connectivity index (χ0v) is 14.3. The van der Waals surface area contributed by atoms with E-state index in [-0.39, 0.29) is 11.7 Å².